The van der Waals surface area contributed by atoms with E-state index < -0.39 is 0 Å². The number of allylic oxidation sites excluding steroid dienone is 7. The molecule has 0 aromatic rings. The normalized spacial score (nSPS) is 21.9. The molecular formula is C20H32. The first kappa shape index (κ1) is 17.0. The predicted octanol–water partition coefficient (Wildman–Crippen LogP) is 6.76. The first-order valence-corrected chi connectivity index (χ1v) is 8.06. The van der Waals surface area contributed by atoms with Gasteiger partial charge in [-0.3, -0.25) is 0 Å². The second-order valence-corrected chi connectivity index (χ2v) is 6.78. The fraction of sp³-hybridized carbons (Fsp3) is 0.600. The van der Waals surface area contributed by atoms with E-state index in [1.54, 1.807) is 5.57 Å². The van der Waals surface area contributed by atoms with Gasteiger partial charge in [-0.25, -0.2) is 0 Å². The van der Waals surface area contributed by atoms with Gasteiger partial charge in [0.25, 0.3) is 0 Å². The van der Waals surface area contributed by atoms with Crippen molar-refractivity contribution in [2.24, 2.45) is 5.41 Å². The Hall–Kier alpha value is -1.04. The Balaban J connectivity index is 2.58. The molecule has 0 heteroatoms. The van der Waals surface area contributed by atoms with Crippen molar-refractivity contribution in [3.8, 4) is 0 Å². The molecule has 0 nitrogen and oxygen atoms in total. The molecule has 0 aliphatic heterocycles. The van der Waals surface area contributed by atoms with Crippen LogP contribution in [0.5, 0.6) is 0 Å². The average Bonchev–Trinajstić information content (AvgIpc) is 2.38. The molecule has 112 valence electrons. The maximum atomic E-state index is 4.14. The van der Waals surface area contributed by atoms with Gasteiger partial charge >= 0.3 is 0 Å². The van der Waals surface area contributed by atoms with Gasteiger partial charge in [-0.05, 0) is 78.1 Å². The Morgan fingerprint density at radius 3 is 2.40 bits per heavy atom. The fourth-order valence-corrected chi connectivity index (χ4v) is 3.05. The fourth-order valence-electron chi connectivity index (χ4n) is 3.05. The van der Waals surface area contributed by atoms with Gasteiger partial charge in [-0.15, -0.1) is 6.58 Å². The molecule has 0 radical (unpaired) electrons. The number of hydrogen-bond acceptors (Lipinski definition) is 0. The topological polar surface area (TPSA) is 0 Å². The molecule has 0 aromatic carbocycles. The lowest BCUT2D eigenvalue weighted by Crippen LogP contribution is -2.21. The molecule has 0 spiro atoms. The Morgan fingerprint density at radius 2 is 1.80 bits per heavy atom. The monoisotopic (exact) mass is 272 g/mol. The van der Waals surface area contributed by atoms with Gasteiger partial charge in [0.05, 0.1) is 0 Å². The van der Waals surface area contributed by atoms with Gasteiger partial charge in [0.2, 0.25) is 0 Å². The molecule has 0 saturated heterocycles. The van der Waals surface area contributed by atoms with E-state index in [4.69, 9.17) is 0 Å². The molecule has 1 aliphatic carbocycles. The van der Waals surface area contributed by atoms with E-state index in [1.165, 1.54) is 56.1 Å². The van der Waals surface area contributed by atoms with E-state index in [0.717, 1.165) is 0 Å². The van der Waals surface area contributed by atoms with Crippen molar-refractivity contribution < 1.29 is 0 Å². The molecule has 0 fully saturated rings. The zero-order valence-electron chi connectivity index (χ0n) is 14.0. The van der Waals surface area contributed by atoms with Crippen LogP contribution in [0.1, 0.15) is 72.6 Å². The molecule has 20 heavy (non-hydrogen) atoms. The van der Waals surface area contributed by atoms with Crippen molar-refractivity contribution in [1.29, 1.82) is 0 Å². The average molecular weight is 272 g/mol. The Labute approximate surface area is 126 Å². The molecule has 1 rings (SSSR count). The zero-order valence-corrected chi connectivity index (χ0v) is 14.0. The lowest BCUT2D eigenvalue weighted by atomic mass is 9.70. The first-order chi connectivity index (χ1) is 9.47. The quantitative estimate of drug-likeness (QED) is 0.449. The van der Waals surface area contributed by atoms with Crippen LogP contribution in [0.4, 0.5) is 0 Å². The van der Waals surface area contributed by atoms with Crippen molar-refractivity contribution in [3.63, 3.8) is 0 Å². The van der Waals surface area contributed by atoms with Crippen LogP contribution >= 0.6 is 0 Å². The highest BCUT2D eigenvalue weighted by molar-refractivity contribution is 5.16. The molecule has 0 aromatic heterocycles. The van der Waals surface area contributed by atoms with E-state index in [-0.39, 0.29) is 0 Å². The summed E-state index contributed by atoms with van der Waals surface area (Å²) in [6.45, 7) is 12.9. The van der Waals surface area contributed by atoms with Gasteiger partial charge in [0.15, 0.2) is 0 Å². The summed E-state index contributed by atoms with van der Waals surface area (Å²) in [6.07, 6.45) is 18.0. The molecule has 1 atom stereocenters. The maximum Gasteiger partial charge on any atom is -0.00779 e. The largest absolute Gasteiger partial charge is 0.103 e. The predicted molar refractivity (Wildman–Crippen MR) is 91.9 cm³/mol. The Morgan fingerprint density at radius 1 is 1.15 bits per heavy atom. The van der Waals surface area contributed by atoms with Gasteiger partial charge in [0.1, 0.15) is 0 Å². The van der Waals surface area contributed by atoms with Crippen LogP contribution in [0.15, 0.2) is 47.6 Å². The van der Waals surface area contributed by atoms with Gasteiger partial charge in [0, 0.05) is 0 Å². The van der Waals surface area contributed by atoms with E-state index in [2.05, 4.69) is 58.6 Å². The maximum absolute atomic E-state index is 4.14. The Kier molecular flexibility index (Phi) is 7.05. The molecule has 1 unspecified atom stereocenters. The molecular weight excluding hydrogens is 240 g/mol. The summed E-state index contributed by atoms with van der Waals surface area (Å²) in [7, 11) is 0. The van der Waals surface area contributed by atoms with Gasteiger partial charge in [-0.1, -0.05) is 41.0 Å². The number of hydrogen-bond donors (Lipinski definition) is 0. The molecule has 0 bridgehead atoms. The van der Waals surface area contributed by atoms with Crippen LogP contribution in [0, 0.1) is 5.41 Å². The molecule has 0 saturated carbocycles. The summed E-state index contributed by atoms with van der Waals surface area (Å²) in [5.41, 5.74) is 4.85. The molecule has 0 N–H and O–H groups in total. The smallest absolute Gasteiger partial charge is 0.00779 e. The lowest BCUT2D eigenvalue weighted by molar-refractivity contribution is 0.308. The summed E-state index contributed by atoms with van der Waals surface area (Å²) >= 11 is 0. The zero-order chi connectivity index (χ0) is 15.0. The van der Waals surface area contributed by atoms with Crippen LogP contribution in [-0.2, 0) is 0 Å². The molecule has 0 heterocycles. The highest BCUT2D eigenvalue weighted by atomic mass is 14.3. The van der Waals surface area contributed by atoms with Crippen molar-refractivity contribution in [1.82, 2.24) is 0 Å². The minimum absolute atomic E-state index is 0.348. The minimum Gasteiger partial charge on any atom is -0.103 e. The molecule has 1 aliphatic rings. The summed E-state index contributed by atoms with van der Waals surface area (Å²) in [4.78, 5) is 0. The summed E-state index contributed by atoms with van der Waals surface area (Å²) in [6, 6.07) is 0. The standard InChI is InChI=1S/C20H32/c1-6-20(14-8-11-18(4)5)15-9-13-19(16-20)12-7-10-17(2)3/h6,10-11,13H,1,7-9,12,14-16H2,2-5H3. The van der Waals surface area contributed by atoms with Crippen LogP contribution in [0.25, 0.3) is 0 Å². The van der Waals surface area contributed by atoms with E-state index >= 15 is 0 Å². The van der Waals surface area contributed by atoms with Gasteiger partial charge in [-0.2, -0.15) is 0 Å². The van der Waals surface area contributed by atoms with Crippen molar-refractivity contribution in [3.05, 3.63) is 47.6 Å². The van der Waals surface area contributed by atoms with Crippen LogP contribution in [0.3, 0.4) is 0 Å². The third-order valence-electron chi connectivity index (χ3n) is 4.30. The van der Waals surface area contributed by atoms with Crippen LogP contribution < -0.4 is 0 Å². The van der Waals surface area contributed by atoms with E-state index in [9.17, 15) is 0 Å². The minimum atomic E-state index is 0.348. The van der Waals surface area contributed by atoms with Gasteiger partial charge < -0.3 is 0 Å². The van der Waals surface area contributed by atoms with Crippen molar-refractivity contribution in [2.75, 3.05) is 0 Å². The van der Waals surface area contributed by atoms with E-state index in [0.29, 0.717) is 5.41 Å². The first-order valence-electron chi connectivity index (χ1n) is 8.06. The highest BCUT2D eigenvalue weighted by Gasteiger charge is 2.28. The third kappa shape index (κ3) is 5.94. The molecule has 0 amide bonds. The van der Waals surface area contributed by atoms with Crippen LogP contribution in [0.2, 0.25) is 0 Å². The second kappa shape index (κ2) is 8.29. The Bertz CT molecular complexity index is 398. The summed E-state index contributed by atoms with van der Waals surface area (Å²) in [5.74, 6) is 0. The van der Waals surface area contributed by atoms with Crippen molar-refractivity contribution >= 4 is 0 Å². The van der Waals surface area contributed by atoms with Crippen molar-refractivity contribution in [2.45, 2.75) is 72.6 Å². The third-order valence-corrected chi connectivity index (χ3v) is 4.30. The summed E-state index contributed by atoms with van der Waals surface area (Å²) < 4.78 is 0. The van der Waals surface area contributed by atoms with E-state index in [1.807, 2.05) is 0 Å². The lowest BCUT2D eigenvalue weighted by Gasteiger charge is -2.34. The SMILES string of the molecule is C=CC1(CCC=C(C)C)CCC=C(CCC=C(C)C)C1. The van der Waals surface area contributed by atoms with Crippen LogP contribution in [-0.4, -0.2) is 0 Å². The highest BCUT2D eigenvalue weighted by Crippen LogP contribution is 2.42. The summed E-state index contributed by atoms with van der Waals surface area (Å²) in [5, 5.41) is 0. The second-order valence-electron chi connectivity index (χ2n) is 6.78. The number of rotatable bonds is 7.